The average molecular weight is 202 g/mol. The van der Waals surface area contributed by atoms with E-state index in [2.05, 4.69) is 0 Å². The standard InChI is InChI=1S/C8H10O2S2/c1-6(5-7(9)10)12-8-3-2-4-11-8/h2-4,6H,5H2,1H3,(H,9,10)/t6-/m1/s1. The molecule has 0 bridgehead atoms. The number of aliphatic carboxylic acids is 1. The van der Waals surface area contributed by atoms with E-state index in [1.807, 2.05) is 24.4 Å². The SMILES string of the molecule is C[C@H](CC(=O)O)Sc1cccs1. The summed E-state index contributed by atoms with van der Waals surface area (Å²) in [6.45, 7) is 1.93. The van der Waals surface area contributed by atoms with E-state index < -0.39 is 5.97 Å². The van der Waals surface area contributed by atoms with Gasteiger partial charge in [-0.25, -0.2) is 0 Å². The molecule has 0 fully saturated rings. The van der Waals surface area contributed by atoms with Gasteiger partial charge in [0.15, 0.2) is 0 Å². The highest BCUT2D eigenvalue weighted by atomic mass is 32.2. The van der Waals surface area contributed by atoms with E-state index in [0.29, 0.717) is 0 Å². The van der Waals surface area contributed by atoms with Crippen LogP contribution in [0.4, 0.5) is 0 Å². The van der Waals surface area contributed by atoms with E-state index in [0.717, 1.165) is 0 Å². The molecule has 0 saturated carbocycles. The Bertz CT molecular complexity index is 244. The van der Waals surface area contributed by atoms with Gasteiger partial charge < -0.3 is 5.11 Å². The molecule has 0 radical (unpaired) electrons. The van der Waals surface area contributed by atoms with Gasteiger partial charge in [0.1, 0.15) is 0 Å². The van der Waals surface area contributed by atoms with Gasteiger partial charge in [-0.05, 0) is 11.4 Å². The van der Waals surface area contributed by atoms with E-state index in [1.165, 1.54) is 4.21 Å². The van der Waals surface area contributed by atoms with Gasteiger partial charge in [-0.1, -0.05) is 13.0 Å². The Morgan fingerprint density at radius 3 is 3.08 bits per heavy atom. The third-order valence-corrected chi connectivity index (χ3v) is 3.45. The van der Waals surface area contributed by atoms with Crippen molar-refractivity contribution in [2.45, 2.75) is 22.8 Å². The van der Waals surface area contributed by atoms with E-state index >= 15 is 0 Å². The van der Waals surface area contributed by atoms with Gasteiger partial charge in [-0.3, -0.25) is 4.79 Å². The molecule has 0 aromatic carbocycles. The van der Waals surface area contributed by atoms with Crippen LogP contribution in [-0.2, 0) is 4.79 Å². The van der Waals surface area contributed by atoms with E-state index in [1.54, 1.807) is 23.1 Å². The van der Waals surface area contributed by atoms with Gasteiger partial charge in [0.05, 0.1) is 10.6 Å². The molecule has 0 spiro atoms. The van der Waals surface area contributed by atoms with Crippen molar-refractivity contribution >= 4 is 29.1 Å². The van der Waals surface area contributed by atoms with Crippen molar-refractivity contribution in [1.82, 2.24) is 0 Å². The first-order valence-electron chi connectivity index (χ1n) is 3.60. The van der Waals surface area contributed by atoms with Crippen molar-refractivity contribution < 1.29 is 9.90 Å². The highest BCUT2D eigenvalue weighted by molar-refractivity contribution is 8.01. The van der Waals surface area contributed by atoms with Crippen molar-refractivity contribution in [3.8, 4) is 0 Å². The lowest BCUT2D eigenvalue weighted by Crippen LogP contribution is -2.04. The second kappa shape index (κ2) is 4.52. The first-order chi connectivity index (χ1) is 5.68. The first kappa shape index (κ1) is 9.61. The maximum absolute atomic E-state index is 10.3. The van der Waals surface area contributed by atoms with Crippen LogP contribution in [0.3, 0.4) is 0 Å². The molecule has 12 heavy (non-hydrogen) atoms. The van der Waals surface area contributed by atoms with Crippen LogP contribution in [0.5, 0.6) is 0 Å². The second-order valence-corrected chi connectivity index (χ2v) is 5.14. The molecule has 2 nitrogen and oxygen atoms in total. The van der Waals surface area contributed by atoms with Crippen LogP contribution in [0.2, 0.25) is 0 Å². The highest BCUT2D eigenvalue weighted by Gasteiger charge is 2.08. The summed E-state index contributed by atoms with van der Waals surface area (Å²) in [5.74, 6) is -0.730. The fraction of sp³-hybridized carbons (Fsp3) is 0.375. The summed E-state index contributed by atoms with van der Waals surface area (Å²) in [5.41, 5.74) is 0. The molecule has 0 aliphatic heterocycles. The number of hydrogen-bond donors (Lipinski definition) is 1. The summed E-state index contributed by atoms with van der Waals surface area (Å²) in [6, 6.07) is 3.98. The minimum absolute atomic E-state index is 0.154. The fourth-order valence-electron chi connectivity index (χ4n) is 0.816. The molecule has 0 amide bonds. The van der Waals surface area contributed by atoms with E-state index in [9.17, 15) is 4.79 Å². The number of thioether (sulfide) groups is 1. The molecule has 0 saturated heterocycles. The van der Waals surface area contributed by atoms with Crippen molar-refractivity contribution in [1.29, 1.82) is 0 Å². The molecule has 1 N–H and O–H groups in total. The fourth-order valence-corrected chi connectivity index (χ4v) is 2.93. The maximum Gasteiger partial charge on any atom is 0.304 e. The molecule has 1 heterocycles. The highest BCUT2D eigenvalue weighted by Crippen LogP contribution is 2.28. The van der Waals surface area contributed by atoms with Gasteiger partial charge in [0.25, 0.3) is 0 Å². The van der Waals surface area contributed by atoms with Crippen LogP contribution < -0.4 is 0 Å². The van der Waals surface area contributed by atoms with Crippen molar-refractivity contribution in [3.05, 3.63) is 17.5 Å². The Morgan fingerprint density at radius 1 is 1.83 bits per heavy atom. The maximum atomic E-state index is 10.3. The Labute approximate surface area is 79.6 Å². The number of carboxylic acid groups (broad SMARTS) is 1. The molecule has 0 unspecified atom stereocenters. The van der Waals surface area contributed by atoms with Crippen LogP contribution in [0.25, 0.3) is 0 Å². The quantitative estimate of drug-likeness (QED) is 0.763. The van der Waals surface area contributed by atoms with Crippen LogP contribution in [0.1, 0.15) is 13.3 Å². The largest absolute Gasteiger partial charge is 0.481 e. The lowest BCUT2D eigenvalue weighted by molar-refractivity contribution is -0.136. The Morgan fingerprint density at radius 2 is 2.58 bits per heavy atom. The molecular weight excluding hydrogens is 192 g/mol. The monoisotopic (exact) mass is 202 g/mol. The van der Waals surface area contributed by atoms with Gasteiger partial charge in [0.2, 0.25) is 0 Å². The van der Waals surface area contributed by atoms with Crippen molar-refractivity contribution in [2.24, 2.45) is 0 Å². The summed E-state index contributed by atoms with van der Waals surface area (Å²) in [6.07, 6.45) is 0.225. The van der Waals surface area contributed by atoms with E-state index in [-0.39, 0.29) is 11.7 Å². The summed E-state index contributed by atoms with van der Waals surface area (Å²) in [5, 5.41) is 10.7. The molecule has 0 aliphatic carbocycles. The predicted octanol–water partition coefficient (Wildman–Crippen LogP) is 2.70. The van der Waals surface area contributed by atoms with Crippen LogP contribution in [-0.4, -0.2) is 16.3 Å². The summed E-state index contributed by atoms with van der Waals surface area (Å²) in [7, 11) is 0. The molecule has 1 rings (SSSR count). The number of thiophene rings is 1. The lowest BCUT2D eigenvalue weighted by Gasteiger charge is -2.04. The second-order valence-electron chi connectivity index (χ2n) is 2.46. The predicted molar refractivity (Wildman–Crippen MR) is 51.9 cm³/mol. The molecule has 4 heteroatoms. The number of carbonyl (C=O) groups is 1. The zero-order valence-electron chi connectivity index (χ0n) is 6.69. The Balaban J connectivity index is 2.36. The smallest absolute Gasteiger partial charge is 0.304 e. The van der Waals surface area contributed by atoms with Gasteiger partial charge >= 0.3 is 5.97 Å². The van der Waals surface area contributed by atoms with Crippen molar-refractivity contribution in [2.75, 3.05) is 0 Å². The zero-order valence-corrected chi connectivity index (χ0v) is 8.32. The molecule has 1 aromatic rings. The zero-order chi connectivity index (χ0) is 8.97. The minimum atomic E-state index is -0.730. The Hall–Kier alpha value is -0.480. The van der Waals surface area contributed by atoms with Gasteiger partial charge in [-0.2, -0.15) is 0 Å². The molecule has 66 valence electrons. The van der Waals surface area contributed by atoms with Crippen LogP contribution in [0.15, 0.2) is 21.7 Å². The number of hydrogen-bond acceptors (Lipinski definition) is 3. The van der Waals surface area contributed by atoms with Crippen LogP contribution >= 0.6 is 23.1 Å². The summed E-state index contributed by atoms with van der Waals surface area (Å²) in [4.78, 5) is 10.3. The van der Waals surface area contributed by atoms with Crippen LogP contribution in [0, 0.1) is 0 Å². The summed E-state index contributed by atoms with van der Waals surface area (Å²) < 4.78 is 1.18. The lowest BCUT2D eigenvalue weighted by atomic mass is 10.3. The average Bonchev–Trinajstić information content (AvgIpc) is 2.37. The van der Waals surface area contributed by atoms with Gasteiger partial charge in [0, 0.05) is 5.25 Å². The number of carboxylic acids is 1. The summed E-state index contributed by atoms with van der Waals surface area (Å²) >= 11 is 3.26. The third-order valence-electron chi connectivity index (χ3n) is 1.27. The van der Waals surface area contributed by atoms with Gasteiger partial charge in [-0.15, -0.1) is 23.1 Å². The molecule has 1 aromatic heterocycles. The van der Waals surface area contributed by atoms with E-state index in [4.69, 9.17) is 5.11 Å². The topological polar surface area (TPSA) is 37.3 Å². The first-order valence-corrected chi connectivity index (χ1v) is 5.36. The Kier molecular flexibility index (Phi) is 3.62. The molecule has 1 atom stereocenters. The molecular formula is C8H10O2S2. The molecule has 0 aliphatic rings. The van der Waals surface area contributed by atoms with Crippen molar-refractivity contribution in [3.63, 3.8) is 0 Å². The minimum Gasteiger partial charge on any atom is -0.481 e. The third kappa shape index (κ3) is 3.28. The number of rotatable bonds is 4. The normalized spacial score (nSPS) is 12.8.